The number of nitrogens with two attached hydrogens (primary N) is 1. The molecule has 2 N–H and O–H groups in total. The Morgan fingerprint density at radius 2 is 1.56 bits per heavy atom. The van der Waals surface area contributed by atoms with Crippen LogP contribution in [0, 0.1) is 0 Å². The van der Waals surface area contributed by atoms with Crippen LogP contribution in [0.5, 0.6) is 0 Å². The van der Waals surface area contributed by atoms with E-state index in [0.29, 0.717) is 5.04 Å². The summed E-state index contributed by atoms with van der Waals surface area (Å²) >= 11 is 0. The van der Waals surface area contributed by atoms with Crippen molar-refractivity contribution in [3.63, 3.8) is 0 Å². The van der Waals surface area contributed by atoms with E-state index in [1.807, 2.05) is 0 Å². The van der Waals surface area contributed by atoms with Crippen molar-refractivity contribution in [1.82, 2.24) is 0 Å². The molecule has 0 saturated carbocycles. The summed E-state index contributed by atoms with van der Waals surface area (Å²) in [7, 11) is -1.15. The van der Waals surface area contributed by atoms with Gasteiger partial charge in [0, 0.05) is 9.04 Å². The minimum Gasteiger partial charge on any atom is -0.353 e. The third-order valence-corrected chi connectivity index (χ3v) is 8.87. The maximum atomic E-state index is 6.02. The first-order chi connectivity index (χ1) is 3.71. The van der Waals surface area contributed by atoms with Crippen LogP contribution in [0.15, 0.2) is 0 Å². The molecule has 0 bridgehead atoms. The van der Waals surface area contributed by atoms with Crippen molar-refractivity contribution in [3.05, 3.63) is 0 Å². The van der Waals surface area contributed by atoms with Gasteiger partial charge in [0.2, 0.25) is 0 Å². The van der Waals surface area contributed by atoms with Crippen molar-refractivity contribution < 1.29 is 0 Å². The molecule has 3 heteroatoms. The van der Waals surface area contributed by atoms with Gasteiger partial charge in [-0.1, -0.05) is 33.9 Å². The number of rotatable bonds is 1. The van der Waals surface area contributed by atoms with Gasteiger partial charge in [-0.15, -0.1) is 0 Å². The van der Waals surface area contributed by atoms with Crippen molar-refractivity contribution in [3.8, 4) is 0 Å². The first kappa shape index (κ1) is 9.39. The lowest BCUT2D eigenvalue weighted by molar-refractivity contribution is 0.761. The largest absolute Gasteiger partial charge is 0.353 e. The fraction of sp³-hybridized carbons (Fsp3) is 1.00. The van der Waals surface area contributed by atoms with Crippen molar-refractivity contribution in [1.29, 1.82) is 0 Å². The molecule has 0 amide bonds. The van der Waals surface area contributed by atoms with Crippen molar-refractivity contribution in [2.24, 2.45) is 5.40 Å². The van der Waals surface area contributed by atoms with E-state index in [-0.39, 0.29) is 9.04 Å². The van der Waals surface area contributed by atoms with Crippen LogP contribution in [0.3, 0.4) is 0 Å². The fourth-order valence-corrected chi connectivity index (χ4v) is 12.3. The summed E-state index contributed by atoms with van der Waals surface area (Å²) in [6.45, 7) is 11.5. The van der Waals surface area contributed by atoms with Gasteiger partial charge in [0.1, 0.15) is 0 Å². The molecule has 0 fully saturated rings. The minimum absolute atomic E-state index is 0.00463. The highest BCUT2D eigenvalue weighted by Crippen LogP contribution is 2.22. The van der Waals surface area contributed by atoms with Crippen LogP contribution in [-0.4, -0.2) is 16.8 Å². The second kappa shape index (κ2) is 2.56. The topological polar surface area (TPSA) is 26.0 Å². The zero-order chi connectivity index (χ0) is 7.71. The van der Waals surface area contributed by atoms with E-state index in [0.717, 1.165) is 0 Å². The summed E-state index contributed by atoms with van der Waals surface area (Å²) in [6, 6.07) is 0. The van der Waals surface area contributed by atoms with E-state index >= 15 is 0 Å². The third kappa shape index (κ3) is 8.39. The molecule has 0 radical (unpaired) electrons. The molecule has 0 rings (SSSR count). The van der Waals surface area contributed by atoms with Gasteiger partial charge in [0.25, 0.3) is 0 Å². The Morgan fingerprint density at radius 3 is 1.56 bits per heavy atom. The number of hydrogen-bond donors (Lipinski definition) is 1. The predicted molar refractivity (Wildman–Crippen MR) is 49.9 cm³/mol. The van der Waals surface area contributed by atoms with E-state index in [1.165, 1.54) is 0 Å². The van der Waals surface area contributed by atoms with Crippen LogP contribution >= 0.6 is 0 Å². The lowest BCUT2D eigenvalue weighted by Crippen LogP contribution is -2.48. The fourth-order valence-electron chi connectivity index (χ4n) is 1.37. The van der Waals surface area contributed by atoms with Gasteiger partial charge in [0.15, 0.2) is 0 Å². The van der Waals surface area contributed by atoms with Gasteiger partial charge >= 0.3 is 0 Å². The first-order valence-corrected chi connectivity index (χ1v) is 9.61. The highest BCUT2D eigenvalue weighted by molar-refractivity contribution is 7.22. The van der Waals surface area contributed by atoms with Crippen LogP contribution in [0.1, 0.15) is 20.8 Å². The van der Waals surface area contributed by atoms with Crippen molar-refractivity contribution in [2.75, 3.05) is 0 Å². The van der Waals surface area contributed by atoms with Crippen molar-refractivity contribution in [2.45, 2.75) is 38.9 Å². The normalized spacial score (nSPS) is 15.3. The smallest absolute Gasteiger partial charge is 0.0995 e. The monoisotopic (exact) mass is 161 g/mol. The average Bonchev–Trinajstić information content (AvgIpc) is 1.14. The van der Waals surface area contributed by atoms with Crippen molar-refractivity contribution >= 4 is 16.8 Å². The molecular weight excluding hydrogens is 142 g/mol. The van der Waals surface area contributed by atoms with Gasteiger partial charge < -0.3 is 5.40 Å². The molecule has 9 heavy (non-hydrogen) atoms. The van der Waals surface area contributed by atoms with E-state index in [4.69, 9.17) is 5.40 Å². The summed E-state index contributed by atoms with van der Waals surface area (Å²) in [5.41, 5.74) is 0. The third-order valence-electron chi connectivity index (χ3n) is 0.986. The molecule has 0 aliphatic carbocycles. The Kier molecular flexibility index (Phi) is 2.67. The van der Waals surface area contributed by atoms with E-state index < -0.39 is 7.75 Å². The Morgan fingerprint density at radius 1 is 1.22 bits per heavy atom. The summed E-state index contributed by atoms with van der Waals surface area (Å²) in [6.07, 6.45) is 0. The SMILES string of the molecule is CC(C)(C)[SiH2][Si](C)(C)N. The zero-order valence-electron chi connectivity index (χ0n) is 7.28. The molecule has 0 heterocycles. The average molecular weight is 161 g/mol. The van der Waals surface area contributed by atoms with Crippen LogP contribution in [0.4, 0.5) is 0 Å². The van der Waals surface area contributed by atoms with Gasteiger partial charge in [-0.2, -0.15) is 0 Å². The summed E-state index contributed by atoms with van der Waals surface area (Å²) in [5, 5.41) is 6.58. The first-order valence-electron chi connectivity index (χ1n) is 3.50. The molecule has 0 atom stereocenters. The van der Waals surface area contributed by atoms with Crippen LogP contribution in [0.25, 0.3) is 0 Å². The van der Waals surface area contributed by atoms with E-state index in [2.05, 4.69) is 33.9 Å². The quantitative estimate of drug-likeness (QED) is 0.571. The molecule has 0 spiro atoms. The van der Waals surface area contributed by atoms with Crippen LogP contribution < -0.4 is 5.40 Å². The summed E-state index contributed by atoms with van der Waals surface area (Å²) in [5.74, 6) is 0. The maximum absolute atomic E-state index is 6.02. The molecule has 0 aromatic heterocycles. The van der Waals surface area contributed by atoms with Crippen LogP contribution in [-0.2, 0) is 0 Å². The highest BCUT2D eigenvalue weighted by atomic mass is 29.2. The van der Waals surface area contributed by atoms with Gasteiger partial charge in [-0.25, -0.2) is 0 Å². The Hall–Kier alpha value is 0.394. The molecule has 0 aromatic rings. The van der Waals surface area contributed by atoms with Gasteiger partial charge in [0.05, 0.1) is 7.75 Å². The molecule has 0 unspecified atom stereocenters. The lowest BCUT2D eigenvalue weighted by atomic mass is 10.3. The van der Waals surface area contributed by atoms with E-state index in [1.54, 1.807) is 0 Å². The molecule has 0 aliphatic heterocycles. The zero-order valence-corrected chi connectivity index (χ0v) is 9.70. The molecule has 56 valence electrons. The van der Waals surface area contributed by atoms with E-state index in [9.17, 15) is 0 Å². The molecular formula is C6H19NSi2. The van der Waals surface area contributed by atoms with Gasteiger partial charge in [-0.3, -0.25) is 0 Å². The lowest BCUT2D eigenvalue weighted by Gasteiger charge is -2.25. The Bertz CT molecular complexity index is 76.2. The second-order valence-corrected chi connectivity index (χ2v) is 17.7. The molecule has 0 saturated heterocycles. The summed E-state index contributed by atoms with van der Waals surface area (Å²) in [4.78, 5) is 0. The molecule has 0 aromatic carbocycles. The maximum Gasteiger partial charge on any atom is 0.0995 e. The molecule has 1 nitrogen and oxygen atoms in total. The van der Waals surface area contributed by atoms with Crippen LogP contribution in [0.2, 0.25) is 18.1 Å². The number of hydrogen-bond acceptors (Lipinski definition) is 1. The highest BCUT2D eigenvalue weighted by Gasteiger charge is 2.23. The summed E-state index contributed by atoms with van der Waals surface area (Å²) < 4.78 is 0. The standard InChI is InChI=1S/C6H19NSi2/c1-6(2,3)8-9(4,5)7/h7-8H2,1-5H3. The minimum atomic E-state index is -1.15. The van der Waals surface area contributed by atoms with Gasteiger partial charge in [-0.05, 0) is 5.04 Å². The Balaban J connectivity index is 3.75. The Labute approximate surface area is 61.7 Å². The molecule has 0 aliphatic rings. The second-order valence-electron chi connectivity index (χ2n) is 4.73. The predicted octanol–water partition coefficient (Wildman–Crippen LogP) is 1.03.